The van der Waals surface area contributed by atoms with Crippen LogP contribution in [0.3, 0.4) is 0 Å². The third kappa shape index (κ3) is 3.12. The first-order chi connectivity index (χ1) is 8.69. The van der Waals surface area contributed by atoms with E-state index in [1.54, 1.807) is 13.3 Å². The number of primary amides is 1. The molecule has 1 amide bonds. The summed E-state index contributed by atoms with van der Waals surface area (Å²) >= 11 is 0. The standard InChI is InChI=1S/C13H19N3O2/c1-18-12-8-11(6-7-15-12)16-10-4-2-9(3-5-10)13(14)17/h6-10H,2-5H2,1H3,(H2,14,17)(H,15,16). The monoisotopic (exact) mass is 249 g/mol. The molecule has 0 saturated heterocycles. The van der Waals surface area contributed by atoms with Crippen LogP contribution in [-0.2, 0) is 4.79 Å². The van der Waals surface area contributed by atoms with Gasteiger partial charge in [-0.15, -0.1) is 0 Å². The zero-order chi connectivity index (χ0) is 13.0. The van der Waals surface area contributed by atoms with Crippen molar-refractivity contribution in [3.8, 4) is 5.88 Å². The number of carbonyl (C=O) groups is 1. The van der Waals surface area contributed by atoms with Gasteiger partial charge in [0.15, 0.2) is 0 Å². The molecule has 1 fully saturated rings. The minimum Gasteiger partial charge on any atom is -0.481 e. The normalized spacial score (nSPS) is 23.4. The van der Waals surface area contributed by atoms with Crippen LogP contribution in [0.5, 0.6) is 5.88 Å². The molecule has 1 aliphatic carbocycles. The molecule has 0 aromatic carbocycles. The molecule has 0 spiro atoms. The Morgan fingerprint density at radius 2 is 2.17 bits per heavy atom. The number of amides is 1. The molecule has 3 N–H and O–H groups in total. The van der Waals surface area contributed by atoms with E-state index in [-0.39, 0.29) is 11.8 Å². The first-order valence-corrected chi connectivity index (χ1v) is 6.25. The third-order valence-electron chi connectivity index (χ3n) is 3.44. The van der Waals surface area contributed by atoms with E-state index in [0.29, 0.717) is 11.9 Å². The molecule has 0 unspecified atom stereocenters. The molecule has 5 nitrogen and oxygen atoms in total. The van der Waals surface area contributed by atoms with Crippen LogP contribution in [0.15, 0.2) is 18.3 Å². The Labute approximate surface area is 107 Å². The lowest BCUT2D eigenvalue weighted by Crippen LogP contribution is -2.32. The van der Waals surface area contributed by atoms with Gasteiger partial charge in [-0.2, -0.15) is 0 Å². The van der Waals surface area contributed by atoms with Crippen LogP contribution in [-0.4, -0.2) is 24.0 Å². The van der Waals surface area contributed by atoms with Gasteiger partial charge in [-0.05, 0) is 31.7 Å². The van der Waals surface area contributed by atoms with E-state index in [2.05, 4.69) is 10.3 Å². The van der Waals surface area contributed by atoms with E-state index in [4.69, 9.17) is 10.5 Å². The Bertz CT molecular complexity index is 414. The Morgan fingerprint density at radius 1 is 1.44 bits per heavy atom. The average molecular weight is 249 g/mol. The number of anilines is 1. The minimum atomic E-state index is -0.168. The van der Waals surface area contributed by atoms with Gasteiger partial charge in [0, 0.05) is 29.9 Å². The fraction of sp³-hybridized carbons (Fsp3) is 0.538. The van der Waals surface area contributed by atoms with Crippen LogP contribution in [0.1, 0.15) is 25.7 Å². The van der Waals surface area contributed by atoms with Crippen molar-refractivity contribution in [1.29, 1.82) is 0 Å². The number of rotatable bonds is 4. The van der Waals surface area contributed by atoms with E-state index >= 15 is 0 Å². The number of ether oxygens (including phenoxy) is 1. The van der Waals surface area contributed by atoms with Crippen molar-refractivity contribution in [2.45, 2.75) is 31.7 Å². The molecule has 0 atom stereocenters. The quantitative estimate of drug-likeness (QED) is 0.848. The number of nitrogens with one attached hydrogen (secondary N) is 1. The van der Waals surface area contributed by atoms with Crippen molar-refractivity contribution >= 4 is 11.6 Å². The van der Waals surface area contributed by atoms with Crippen LogP contribution in [0.2, 0.25) is 0 Å². The van der Waals surface area contributed by atoms with Gasteiger partial charge >= 0.3 is 0 Å². The lowest BCUT2D eigenvalue weighted by molar-refractivity contribution is -0.122. The van der Waals surface area contributed by atoms with Crippen molar-refractivity contribution in [2.75, 3.05) is 12.4 Å². The second-order valence-corrected chi connectivity index (χ2v) is 4.68. The molecule has 0 radical (unpaired) electrons. The van der Waals surface area contributed by atoms with Gasteiger partial charge < -0.3 is 15.8 Å². The molecule has 1 saturated carbocycles. The molecule has 18 heavy (non-hydrogen) atoms. The van der Waals surface area contributed by atoms with Crippen molar-refractivity contribution < 1.29 is 9.53 Å². The van der Waals surface area contributed by atoms with Gasteiger partial charge in [0.25, 0.3) is 0 Å². The van der Waals surface area contributed by atoms with Gasteiger partial charge in [0.2, 0.25) is 11.8 Å². The van der Waals surface area contributed by atoms with Gasteiger partial charge in [-0.3, -0.25) is 4.79 Å². The molecule has 0 aliphatic heterocycles. The summed E-state index contributed by atoms with van der Waals surface area (Å²) < 4.78 is 5.08. The fourth-order valence-electron chi connectivity index (χ4n) is 2.37. The number of nitrogens with two attached hydrogens (primary N) is 1. The molecule has 5 heteroatoms. The van der Waals surface area contributed by atoms with Crippen molar-refractivity contribution in [3.63, 3.8) is 0 Å². The molecule has 98 valence electrons. The summed E-state index contributed by atoms with van der Waals surface area (Å²) in [6.07, 6.45) is 5.40. The summed E-state index contributed by atoms with van der Waals surface area (Å²) in [6, 6.07) is 4.19. The predicted molar refractivity (Wildman–Crippen MR) is 69.4 cm³/mol. The highest BCUT2D eigenvalue weighted by Crippen LogP contribution is 2.26. The number of hydrogen-bond donors (Lipinski definition) is 2. The molecular weight excluding hydrogens is 230 g/mol. The molecule has 1 aromatic heterocycles. The largest absolute Gasteiger partial charge is 0.481 e. The summed E-state index contributed by atoms with van der Waals surface area (Å²) in [5, 5.41) is 3.44. The molecular formula is C13H19N3O2. The zero-order valence-electron chi connectivity index (χ0n) is 10.6. The van der Waals surface area contributed by atoms with Gasteiger partial charge in [-0.25, -0.2) is 4.98 Å². The van der Waals surface area contributed by atoms with E-state index in [0.717, 1.165) is 31.4 Å². The van der Waals surface area contributed by atoms with Crippen molar-refractivity contribution in [1.82, 2.24) is 4.98 Å². The van der Waals surface area contributed by atoms with Crippen molar-refractivity contribution in [3.05, 3.63) is 18.3 Å². The maximum absolute atomic E-state index is 11.1. The third-order valence-corrected chi connectivity index (χ3v) is 3.44. The maximum atomic E-state index is 11.1. The molecule has 1 heterocycles. The number of aromatic nitrogens is 1. The van der Waals surface area contributed by atoms with E-state index < -0.39 is 0 Å². The number of carbonyl (C=O) groups excluding carboxylic acids is 1. The number of hydrogen-bond acceptors (Lipinski definition) is 4. The van der Waals surface area contributed by atoms with Crippen LogP contribution < -0.4 is 15.8 Å². The van der Waals surface area contributed by atoms with Crippen LogP contribution in [0.4, 0.5) is 5.69 Å². The number of nitrogens with zero attached hydrogens (tertiary/aromatic N) is 1. The first kappa shape index (κ1) is 12.7. The maximum Gasteiger partial charge on any atom is 0.220 e. The molecule has 1 aromatic rings. The Balaban J connectivity index is 1.89. The highest BCUT2D eigenvalue weighted by Gasteiger charge is 2.24. The molecule has 2 rings (SSSR count). The minimum absolute atomic E-state index is 0.0510. The van der Waals surface area contributed by atoms with Gasteiger partial charge in [-0.1, -0.05) is 0 Å². The van der Waals surface area contributed by atoms with Crippen LogP contribution in [0.25, 0.3) is 0 Å². The summed E-state index contributed by atoms with van der Waals surface area (Å²) in [5.41, 5.74) is 6.32. The van der Waals surface area contributed by atoms with E-state index in [9.17, 15) is 4.79 Å². The number of methoxy groups -OCH3 is 1. The SMILES string of the molecule is COc1cc(NC2CCC(C(N)=O)CC2)ccn1. The van der Waals surface area contributed by atoms with Crippen LogP contribution >= 0.6 is 0 Å². The topological polar surface area (TPSA) is 77.2 Å². The summed E-state index contributed by atoms with van der Waals surface area (Å²) in [6.45, 7) is 0. The number of pyridine rings is 1. The highest BCUT2D eigenvalue weighted by molar-refractivity contribution is 5.76. The lowest BCUT2D eigenvalue weighted by Gasteiger charge is -2.28. The van der Waals surface area contributed by atoms with Crippen LogP contribution in [0, 0.1) is 5.92 Å². The van der Waals surface area contributed by atoms with E-state index in [1.165, 1.54) is 0 Å². The summed E-state index contributed by atoms with van der Waals surface area (Å²) in [4.78, 5) is 15.1. The second kappa shape index (κ2) is 5.71. The smallest absolute Gasteiger partial charge is 0.220 e. The Morgan fingerprint density at radius 3 is 2.78 bits per heavy atom. The van der Waals surface area contributed by atoms with Gasteiger partial charge in [0.05, 0.1) is 7.11 Å². The lowest BCUT2D eigenvalue weighted by atomic mass is 9.85. The van der Waals surface area contributed by atoms with E-state index in [1.807, 2.05) is 12.1 Å². The highest BCUT2D eigenvalue weighted by atomic mass is 16.5. The molecule has 1 aliphatic rings. The second-order valence-electron chi connectivity index (χ2n) is 4.68. The summed E-state index contributed by atoms with van der Waals surface area (Å²) in [5.74, 6) is 0.486. The zero-order valence-corrected chi connectivity index (χ0v) is 10.6. The predicted octanol–water partition coefficient (Wildman–Crippen LogP) is 1.55. The first-order valence-electron chi connectivity index (χ1n) is 6.25. The summed E-state index contributed by atoms with van der Waals surface area (Å²) in [7, 11) is 1.60. The van der Waals surface area contributed by atoms with Gasteiger partial charge in [0.1, 0.15) is 0 Å². The Hall–Kier alpha value is -1.78. The molecule has 0 bridgehead atoms. The Kier molecular flexibility index (Phi) is 4.02. The average Bonchev–Trinajstić information content (AvgIpc) is 2.39. The van der Waals surface area contributed by atoms with Crippen molar-refractivity contribution in [2.24, 2.45) is 11.7 Å². The fourth-order valence-corrected chi connectivity index (χ4v) is 2.37.